The van der Waals surface area contributed by atoms with E-state index in [4.69, 9.17) is 16.3 Å². The largest absolute Gasteiger partial charge is 0.450 e. The van der Waals surface area contributed by atoms with Crippen LogP contribution in [0, 0.1) is 5.82 Å². The second-order valence-electron chi connectivity index (χ2n) is 7.06. The van der Waals surface area contributed by atoms with Gasteiger partial charge in [-0.3, -0.25) is 9.59 Å². The fourth-order valence-electron chi connectivity index (χ4n) is 3.55. The van der Waals surface area contributed by atoms with Crippen LogP contribution in [0.5, 0.6) is 0 Å². The van der Waals surface area contributed by atoms with Gasteiger partial charge in [0.1, 0.15) is 10.7 Å². The summed E-state index contributed by atoms with van der Waals surface area (Å²) in [5.41, 5.74) is 2.11. The van der Waals surface area contributed by atoms with Gasteiger partial charge >= 0.3 is 5.97 Å². The van der Waals surface area contributed by atoms with E-state index in [-0.39, 0.29) is 21.6 Å². The zero-order valence-electron chi connectivity index (χ0n) is 16.2. The number of ether oxygens (including phenoxy) is 1. The molecule has 3 aromatic rings. The van der Waals surface area contributed by atoms with Crippen LogP contribution in [0.15, 0.2) is 36.4 Å². The lowest BCUT2D eigenvalue weighted by Crippen LogP contribution is -2.26. The van der Waals surface area contributed by atoms with Crippen LogP contribution in [0.1, 0.15) is 39.4 Å². The summed E-state index contributed by atoms with van der Waals surface area (Å²) in [5.74, 6) is -1.55. The van der Waals surface area contributed by atoms with E-state index in [1.807, 2.05) is 0 Å². The highest BCUT2D eigenvalue weighted by atomic mass is 35.5. The van der Waals surface area contributed by atoms with Crippen molar-refractivity contribution < 1.29 is 23.5 Å². The maximum absolute atomic E-state index is 13.4. The molecule has 0 saturated carbocycles. The van der Waals surface area contributed by atoms with Crippen molar-refractivity contribution >= 4 is 56.4 Å². The lowest BCUT2D eigenvalue weighted by atomic mass is 10.0. The summed E-state index contributed by atoms with van der Waals surface area (Å²) < 4.78 is 19.3. The van der Waals surface area contributed by atoms with Gasteiger partial charge in [0.05, 0.1) is 5.02 Å². The van der Waals surface area contributed by atoms with Crippen LogP contribution < -0.4 is 4.90 Å². The number of esters is 1. The summed E-state index contributed by atoms with van der Waals surface area (Å²) in [4.78, 5) is 38.8. The molecule has 8 heteroatoms. The van der Waals surface area contributed by atoms with Crippen molar-refractivity contribution in [3.8, 4) is 0 Å². The Morgan fingerprint density at radius 3 is 2.70 bits per heavy atom. The first-order chi connectivity index (χ1) is 14.3. The van der Waals surface area contributed by atoms with Crippen molar-refractivity contribution in [2.75, 3.05) is 11.4 Å². The Labute approximate surface area is 181 Å². The molecule has 0 radical (unpaired) electrons. The molecule has 2 heterocycles. The lowest BCUT2D eigenvalue weighted by Gasteiger charge is -2.16. The molecule has 1 unspecified atom stereocenters. The molecule has 0 N–H and O–H groups in total. The highest BCUT2D eigenvalue weighted by Gasteiger charge is 2.27. The molecule has 0 saturated heterocycles. The number of nitrogens with zero attached hydrogens (tertiary/aromatic N) is 1. The molecule has 1 aliphatic heterocycles. The second-order valence-corrected chi connectivity index (χ2v) is 8.49. The number of thiophene rings is 1. The molecule has 1 amide bonds. The number of benzene rings is 2. The van der Waals surface area contributed by atoms with Gasteiger partial charge in [0, 0.05) is 34.8 Å². The van der Waals surface area contributed by atoms with Gasteiger partial charge in [-0.25, -0.2) is 9.18 Å². The normalized spacial score (nSPS) is 13.9. The number of halogens is 2. The maximum Gasteiger partial charge on any atom is 0.350 e. The monoisotopic (exact) mass is 445 g/mol. The molecule has 0 spiro atoms. The summed E-state index contributed by atoms with van der Waals surface area (Å²) in [6.07, 6.45) is -0.364. The first-order valence-electron chi connectivity index (χ1n) is 9.30. The Hall–Kier alpha value is -2.77. The van der Waals surface area contributed by atoms with Crippen molar-refractivity contribution in [1.82, 2.24) is 0 Å². The summed E-state index contributed by atoms with van der Waals surface area (Å²) in [6, 6.07) is 9.17. The summed E-state index contributed by atoms with van der Waals surface area (Å²) in [5, 5.41) is 0.740. The minimum Gasteiger partial charge on any atom is -0.450 e. The number of ketones is 1. The van der Waals surface area contributed by atoms with Gasteiger partial charge in [-0.05, 0) is 55.3 Å². The molecule has 5 nitrogen and oxygen atoms in total. The first-order valence-corrected chi connectivity index (χ1v) is 10.5. The van der Waals surface area contributed by atoms with E-state index in [1.165, 1.54) is 32.0 Å². The summed E-state index contributed by atoms with van der Waals surface area (Å²) in [7, 11) is 0. The predicted molar refractivity (Wildman–Crippen MR) is 114 cm³/mol. The highest BCUT2D eigenvalue weighted by Crippen LogP contribution is 2.36. The van der Waals surface area contributed by atoms with Gasteiger partial charge in [0.2, 0.25) is 11.7 Å². The van der Waals surface area contributed by atoms with Crippen molar-refractivity contribution in [1.29, 1.82) is 0 Å². The van der Waals surface area contributed by atoms with Gasteiger partial charge in [-0.1, -0.05) is 11.6 Å². The molecule has 1 aliphatic rings. The van der Waals surface area contributed by atoms with Gasteiger partial charge in [0.15, 0.2) is 6.10 Å². The molecule has 154 valence electrons. The third kappa shape index (κ3) is 3.59. The van der Waals surface area contributed by atoms with Crippen LogP contribution in [0.3, 0.4) is 0 Å². The molecule has 1 aromatic heterocycles. The average molecular weight is 446 g/mol. The van der Waals surface area contributed by atoms with Gasteiger partial charge < -0.3 is 9.64 Å². The first kappa shape index (κ1) is 20.5. The van der Waals surface area contributed by atoms with Crippen molar-refractivity contribution in [2.45, 2.75) is 26.4 Å². The standard InChI is InChI=1S/C22H17ClFNO4S/c1-11(20(27)14-3-6-17-13(9-14)7-8-25(17)12(2)26)29-22(28)21-19(23)16-5-4-15(24)10-18(16)30-21/h3-6,9-11H,7-8H2,1-2H3. The molecular weight excluding hydrogens is 429 g/mol. The third-order valence-corrected chi connectivity index (χ3v) is 6.71. The number of anilines is 1. The molecule has 4 rings (SSSR count). The highest BCUT2D eigenvalue weighted by molar-refractivity contribution is 7.21. The quantitative estimate of drug-likeness (QED) is 0.417. The Morgan fingerprint density at radius 2 is 1.97 bits per heavy atom. The number of rotatable bonds is 4. The fourth-order valence-corrected chi connectivity index (χ4v) is 4.97. The van der Waals surface area contributed by atoms with E-state index in [0.29, 0.717) is 28.6 Å². The van der Waals surface area contributed by atoms with E-state index < -0.39 is 17.9 Å². The lowest BCUT2D eigenvalue weighted by molar-refractivity contribution is -0.116. The number of fused-ring (bicyclic) bond motifs is 2. The Kier molecular flexibility index (Phi) is 5.34. The Balaban J connectivity index is 1.52. The van der Waals surface area contributed by atoms with E-state index in [9.17, 15) is 18.8 Å². The van der Waals surface area contributed by atoms with E-state index in [1.54, 1.807) is 23.1 Å². The van der Waals surface area contributed by atoms with Crippen LogP contribution in [0.2, 0.25) is 5.02 Å². The summed E-state index contributed by atoms with van der Waals surface area (Å²) in [6.45, 7) is 3.58. The number of hydrogen-bond acceptors (Lipinski definition) is 5. The van der Waals surface area contributed by atoms with Crippen molar-refractivity contribution in [3.63, 3.8) is 0 Å². The predicted octanol–water partition coefficient (Wildman–Crippen LogP) is 5.03. The third-order valence-electron chi connectivity index (χ3n) is 5.07. The molecule has 0 bridgehead atoms. The number of amides is 1. The van der Waals surface area contributed by atoms with Gasteiger partial charge in [-0.2, -0.15) is 0 Å². The number of Topliss-reactive ketones (excluding diaryl/α,β-unsaturated/α-hetero) is 1. The minimum absolute atomic E-state index is 0.0461. The molecule has 0 fully saturated rings. The molecule has 0 aliphatic carbocycles. The molecule has 2 aromatic carbocycles. The fraction of sp³-hybridized carbons (Fsp3) is 0.227. The van der Waals surface area contributed by atoms with Crippen LogP contribution in [-0.2, 0) is 16.0 Å². The van der Waals surface area contributed by atoms with E-state index >= 15 is 0 Å². The van der Waals surface area contributed by atoms with Crippen LogP contribution in [0.4, 0.5) is 10.1 Å². The zero-order valence-corrected chi connectivity index (χ0v) is 17.8. The maximum atomic E-state index is 13.4. The van der Waals surface area contributed by atoms with Crippen LogP contribution >= 0.6 is 22.9 Å². The molecular formula is C22H17ClFNO4S. The number of hydrogen-bond donors (Lipinski definition) is 0. The number of carbonyl (C=O) groups excluding carboxylic acids is 3. The SMILES string of the molecule is CC(=O)N1CCc2cc(C(=O)C(C)OC(=O)c3sc4cc(F)ccc4c3Cl)ccc21. The molecule has 1 atom stereocenters. The minimum atomic E-state index is -1.03. The van der Waals surface area contributed by atoms with Gasteiger partial charge in [-0.15, -0.1) is 11.3 Å². The van der Waals surface area contributed by atoms with Crippen LogP contribution in [0.25, 0.3) is 10.1 Å². The van der Waals surface area contributed by atoms with Crippen LogP contribution in [-0.4, -0.2) is 30.3 Å². The zero-order chi connectivity index (χ0) is 21.6. The van der Waals surface area contributed by atoms with Crippen molar-refractivity contribution in [2.24, 2.45) is 0 Å². The van der Waals surface area contributed by atoms with Gasteiger partial charge in [0.25, 0.3) is 0 Å². The Bertz CT molecular complexity index is 1210. The van der Waals surface area contributed by atoms with E-state index in [0.717, 1.165) is 22.6 Å². The molecule has 30 heavy (non-hydrogen) atoms. The number of carbonyl (C=O) groups is 3. The van der Waals surface area contributed by atoms with Crippen molar-refractivity contribution in [3.05, 3.63) is 63.2 Å². The average Bonchev–Trinajstić information content (AvgIpc) is 3.27. The second kappa shape index (κ2) is 7.81. The topological polar surface area (TPSA) is 63.7 Å². The Morgan fingerprint density at radius 1 is 1.20 bits per heavy atom. The van der Waals surface area contributed by atoms with E-state index in [2.05, 4.69) is 0 Å². The smallest absolute Gasteiger partial charge is 0.350 e. The summed E-state index contributed by atoms with van der Waals surface area (Å²) >= 11 is 7.28.